The Kier molecular flexibility index (Phi) is 8.25. The highest BCUT2D eigenvalue weighted by atomic mass is 35.5. The van der Waals surface area contributed by atoms with Crippen LogP contribution in [0.1, 0.15) is 36.0 Å². The van der Waals surface area contributed by atoms with Gasteiger partial charge < -0.3 is 15.5 Å². The number of carbonyl (C=O) groups is 2. The highest BCUT2D eigenvalue weighted by Crippen LogP contribution is 2.20. The van der Waals surface area contributed by atoms with Gasteiger partial charge in [-0.25, -0.2) is 0 Å². The number of likely N-dealkylation sites (tertiary alicyclic amines) is 1. The third-order valence-electron chi connectivity index (χ3n) is 5.08. The minimum Gasteiger partial charge on any atom is -0.354 e. The maximum Gasteiger partial charge on any atom is 0.253 e. The van der Waals surface area contributed by atoms with E-state index in [1.54, 1.807) is 11.8 Å². The SMILES string of the molecule is CSc1ccc(C(=O)N2CCCC(CNC(=O)C3CCCN3)C2)cc1.Cl. The van der Waals surface area contributed by atoms with E-state index in [2.05, 4.69) is 10.6 Å². The topological polar surface area (TPSA) is 61.4 Å². The largest absolute Gasteiger partial charge is 0.354 e. The Hall–Kier alpha value is -1.24. The van der Waals surface area contributed by atoms with Crippen LogP contribution in [0.4, 0.5) is 0 Å². The molecule has 2 atom stereocenters. The average Bonchev–Trinajstić information content (AvgIpc) is 3.21. The number of thioether (sulfide) groups is 1. The van der Waals surface area contributed by atoms with Gasteiger partial charge in [0.1, 0.15) is 0 Å². The number of amides is 2. The van der Waals surface area contributed by atoms with E-state index >= 15 is 0 Å². The molecular weight excluding hydrogens is 370 g/mol. The molecule has 0 bridgehead atoms. The van der Waals surface area contributed by atoms with Crippen LogP contribution >= 0.6 is 24.2 Å². The Morgan fingerprint density at radius 1 is 1.23 bits per heavy atom. The van der Waals surface area contributed by atoms with Crippen LogP contribution in [0.15, 0.2) is 29.2 Å². The second kappa shape index (κ2) is 10.2. The van der Waals surface area contributed by atoms with E-state index in [1.807, 2.05) is 35.4 Å². The van der Waals surface area contributed by atoms with Gasteiger partial charge in [0, 0.05) is 30.1 Å². The van der Waals surface area contributed by atoms with Crippen molar-refractivity contribution in [2.45, 2.75) is 36.6 Å². The lowest BCUT2D eigenvalue weighted by Gasteiger charge is -2.33. The van der Waals surface area contributed by atoms with E-state index < -0.39 is 0 Å². The van der Waals surface area contributed by atoms with Crippen molar-refractivity contribution in [3.05, 3.63) is 29.8 Å². The molecule has 0 aliphatic carbocycles. The van der Waals surface area contributed by atoms with E-state index in [0.717, 1.165) is 55.8 Å². The molecule has 1 aromatic carbocycles. The van der Waals surface area contributed by atoms with Crippen molar-refractivity contribution in [1.82, 2.24) is 15.5 Å². The summed E-state index contributed by atoms with van der Waals surface area (Å²) in [4.78, 5) is 27.9. The molecule has 2 unspecified atom stereocenters. The van der Waals surface area contributed by atoms with Crippen LogP contribution in [-0.2, 0) is 4.79 Å². The van der Waals surface area contributed by atoms with Gasteiger partial charge in [0.2, 0.25) is 5.91 Å². The summed E-state index contributed by atoms with van der Waals surface area (Å²) in [6, 6.07) is 7.77. The summed E-state index contributed by atoms with van der Waals surface area (Å²) in [6.45, 7) is 3.12. The fraction of sp³-hybridized carbons (Fsp3) is 0.579. The third-order valence-corrected chi connectivity index (χ3v) is 5.83. The first-order valence-electron chi connectivity index (χ1n) is 9.12. The van der Waals surface area contributed by atoms with E-state index in [-0.39, 0.29) is 30.3 Å². The quantitative estimate of drug-likeness (QED) is 0.749. The summed E-state index contributed by atoms with van der Waals surface area (Å²) in [5.74, 6) is 0.545. The molecule has 144 valence electrons. The molecular formula is C19H28ClN3O2S. The zero-order chi connectivity index (χ0) is 17.6. The lowest BCUT2D eigenvalue weighted by Crippen LogP contribution is -2.46. The molecule has 0 aromatic heterocycles. The minimum absolute atomic E-state index is 0. The normalized spacial score (nSPS) is 22.6. The van der Waals surface area contributed by atoms with Gasteiger partial charge in [0.25, 0.3) is 5.91 Å². The Labute approximate surface area is 166 Å². The minimum atomic E-state index is -0.0312. The van der Waals surface area contributed by atoms with Gasteiger partial charge in [-0.1, -0.05) is 0 Å². The van der Waals surface area contributed by atoms with Crippen LogP contribution in [0.3, 0.4) is 0 Å². The highest BCUT2D eigenvalue weighted by molar-refractivity contribution is 7.98. The Morgan fingerprint density at radius 2 is 2.00 bits per heavy atom. The molecule has 0 spiro atoms. The van der Waals surface area contributed by atoms with Crippen molar-refractivity contribution in [1.29, 1.82) is 0 Å². The lowest BCUT2D eigenvalue weighted by molar-refractivity contribution is -0.123. The number of hydrogen-bond donors (Lipinski definition) is 2. The molecule has 7 heteroatoms. The number of carbonyl (C=O) groups excluding carboxylic acids is 2. The van der Waals surface area contributed by atoms with Crippen LogP contribution in [0.5, 0.6) is 0 Å². The molecule has 2 aliphatic heterocycles. The zero-order valence-electron chi connectivity index (χ0n) is 15.2. The summed E-state index contributed by atoms with van der Waals surface area (Å²) in [5.41, 5.74) is 0.748. The lowest BCUT2D eigenvalue weighted by atomic mass is 9.97. The van der Waals surface area contributed by atoms with Gasteiger partial charge in [-0.3, -0.25) is 9.59 Å². The maximum atomic E-state index is 12.7. The second-order valence-corrected chi connectivity index (χ2v) is 7.76. The third kappa shape index (κ3) is 5.38. The number of nitrogens with zero attached hydrogens (tertiary/aromatic N) is 1. The number of nitrogens with one attached hydrogen (secondary N) is 2. The van der Waals surface area contributed by atoms with Gasteiger partial charge in [-0.2, -0.15) is 0 Å². The fourth-order valence-electron chi connectivity index (χ4n) is 3.61. The molecule has 3 rings (SSSR count). The maximum absolute atomic E-state index is 12.7. The van der Waals surface area contributed by atoms with Gasteiger partial charge in [0.15, 0.2) is 0 Å². The number of piperidine rings is 1. The Balaban J connectivity index is 0.00000243. The molecule has 2 amide bonds. The molecule has 0 radical (unpaired) electrons. The first-order valence-corrected chi connectivity index (χ1v) is 10.3. The van der Waals surface area contributed by atoms with E-state index in [9.17, 15) is 9.59 Å². The van der Waals surface area contributed by atoms with Crippen molar-refractivity contribution >= 4 is 36.0 Å². The van der Waals surface area contributed by atoms with Crippen LogP contribution in [0.2, 0.25) is 0 Å². The van der Waals surface area contributed by atoms with Crippen LogP contribution in [0, 0.1) is 5.92 Å². The first-order chi connectivity index (χ1) is 12.2. The summed E-state index contributed by atoms with van der Waals surface area (Å²) < 4.78 is 0. The molecule has 5 nitrogen and oxygen atoms in total. The molecule has 26 heavy (non-hydrogen) atoms. The monoisotopic (exact) mass is 397 g/mol. The van der Waals surface area contributed by atoms with Crippen LogP contribution in [-0.4, -0.2) is 55.2 Å². The molecule has 2 aliphatic rings. The highest BCUT2D eigenvalue weighted by Gasteiger charge is 2.26. The number of benzene rings is 1. The van der Waals surface area contributed by atoms with E-state index in [4.69, 9.17) is 0 Å². The average molecular weight is 398 g/mol. The second-order valence-electron chi connectivity index (χ2n) is 6.88. The number of hydrogen-bond acceptors (Lipinski definition) is 4. The van der Waals surface area contributed by atoms with Crippen molar-refractivity contribution in [3.63, 3.8) is 0 Å². The molecule has 2 fully saturated rings. The number of halogens is 1. The van der Waals surface area contributed by atoms with Crippen molar-refractivity contribution < 1.29 is 9.59 Å². The first kappa shape index (κ1) is 21.1. The smallest absolute Gasteiger partial charge is 0.253 e. The van der Waals surface area contributed by atoms with Crippen molar-refractivity contribution in [3.8, 4) is 0 Å². The molecule has 1 aromatic rings. The van der Waals surface area contributed by atoms with E-state index in [0.29, 0.717) is 12.5 Å². The molecule has 2 heterocycles. The zero-order valence-corrected chi connectivity index (χ0v) is 16.8. The number of rotatable bonds is 5. The Bertz CT molecular complexity index is 605. The van der Waals surface area contributed by atoms with Crippen LogP contribution in [0.25, 0.3) is 0 Å². The van der Waals surface area contributed by atoms with Gasteiger partial charge in [0.05, 0.1) is 6.04 Å². The van der Waals surface area contributed by atoms with Crippen molar-refractivity contribution in [2.24, 2.45) is 5.92 Å². The predicted octanol–water partition coefficient (Wildman–Crippen LogP) is 2.55. The molecule has 2 N–H and O–H groups in total. The summed E-state index contributed by atoms with van der Waals surface area (Å²) in [5, 5.41) is 6.29. The summed E-state index contributed by atoms with van der Waals surface area (Å²) in [7, 11) is 0. The van der Waals surface area contributed by atoms with Crippen molar-refractivity contribution in [2.75, 3.05) is 32.4 Å². The van der Waals surface area contributed by atoms with Gasteiger partial charge >= 0.3 is 0 Å². The van der Waals surface area contributed by atoms with Gasteiger partial charge in [-0.15, -0.1) is 24.2 Å². The predicted molar refractivity (Wildman–Crippen MR) is 108 cm³/mol. The summed E-state index contributed by atoms with van der Waals surface area (Å²) in [6.07, 6.45) is 6.08. The van der Waals surface area contributed by atoms with E-state index in [1.165, 1.54) is 0 Å². The standard InChI is InChI=1S/C19H27N3O2S.ClH/c1-25-16-8-6-15(7-9-16)19(24)22-11-3-4-14(13-22)12-21-18(23)17-5-2-10-20-17;/h6-9,14,17,20H,2-5,10-13H2,1H3,(H,21,23);1H. The van der Waals surface area contributed by atoms with Crippen LogP contribution < -0.4 is 10.6 Å². The summed E-state index contributed by atoms with van der Waals surface area (Å²) >= 11 is 1.67. The Morgan fingerprint density at radius 3 is 2.65 bits per heavy atom. The molecule has 0 saturated carbocycles. The molecule has 2 saturated heterocycles. The van der Waals surface area contributed by atoms with Gasteiger partial charge in [-0.05, 0) is 68.7 Å². The fourth-order valence-corrected chi connectivity index (χ4v) is 4.02.